The number of carbonyl (C=O) groups excluding carboxylic acids is 2. The molecule has 0 radical (unpaired) electrons. The van der Waals surface area contributed by atoms with E-state index in [-0.39, 0.29) is 23.7 Å². The van der Waals surface area contributed by atoms with Crippen molar-refractivity contribution in [3.8, 4) is 5.75 Å². The standard InChI is InChI=1S/C30H33NO3/c1-5-21-11-10-12-22(6-2)28(21)31-20-23(19-27(31)32)29(33)34-26-17-15-25(16-18-26)30(3,4)24-13-8-7-9-14-24/h7-18,23H,5-6,19-20H2,1-4H3/t23-/m0/s1. The van der Waals surface area contributed by atoms with Crippen molar-refractivity contribution in [2.45, 2.75) is 52.4 Å². The van der Waals surface area contributed by atoms with E-state index in [1.807, 2.05) is 48.5 Å². The van der Waals surface area contributed by atoms with Gasteiger partial charge in [0, 0.05) is 24.1 Å². The number of esters is 1. The lowest BCUT2D eigenvalue weighted by Gasteiger charge is -2.26. The first kappa shape index (κ1) is 23.7. The van der Waals surface area contributed by atoms with Gasteiger partial charge in [-0.3, -0.25) is 9.59 Å². The Morgan fingerprint density at radius 3 is 2.06 bits per heavy atom. The predicted molar refractivity (Wildman–Crippen MR) is 136 cm³/mol. The maximum absolute atomic E-state index is 12.9. The van der Waals surface area contributed by atoms with E-state index in [0.717, 1.165) is 35.2 Å². The average Bonchev–Trinajstić information content (AvgIpc) is 3.25. The fourth-order valence-electron chi connectivity index (χ4n) is 4.80. The van der Waals surface area contributed by atoms with Crippen LogP contribution < -0.4 is 9.64 Å². The Labute approximate surface area is 202 Å². The summed E-state index contributed by atoms with van der Waals surface area (Å²) in [5.74, 6) is -0.329. The Bertz CT molecular complexity index is 1140. The molecule has 3 aromatic rings. The number of amides is 1. The molecule has 4 rings (SSSR count). The highest BCUT2D eigenvalue weighted by Crippen LogP contribution is 2.34. The van der Waals surface area contributed by atoms with Crippen LogP contribution in [-0.2, 0) is 27.8 Å². The van der Waals surface area contributed by atoms with Gasteiger partial charge in [0.15, 0.2) is 0 Å². The number of hydrogen-bond donors (Lipinski definition) is 0. The Balaban J connectivity index is 1.47. The second kappa shape index (κ2) is 9.84. The Morgan fingerprint density at radius 2 is 1.47 bits per heavy atom. The maximum Gasteiger partial charge on any atom is 0.316 e. The number of rotatable bonds is 7. The van der Waals surface area contributed by atoms with Crippen molar-refractivity contribution in [2.24, 2.45) is 5.92 Å². The zero-order chi connectivity index (χ0) is 24.3. The molecule has 34 heavy (non-hydrogen) atoms. The molecule has 0 unspecified atom stereocenters. The van der Waals surface area contributed by atoms with Crippen molar-refractivity contribution in [3.63, 3.8) is 0 Å². The van der Waals surface area contributed by atoms with E-state index < -0.39 is 5.92 Å². The van der Waals surface area contributed by atoms with Crippen LogP contribution in [0.3, 0.4) is 0 Å². The molecule has 1 amide bonds. The van der Waals surface area contributed by atoms with Crippen LogP contribution in [0.1, 0.15) is 56.4 Å². The van der Waals surface area contributed by atoms with E-state index in [4.69, 9.17) is 4.74 Å². The van der Waals surface area contributed by atoms with E-state index in [0.29, 0.717) is 12.3 Å². The molecule has 0 aliphatic carbocycles. The minimum atomic E-state index is -0.470. The van der Waals surface area contributed by atoms with Crippen LogP contribution in [0.15, 0.2) is 72.8 Å². The number of benzene rings is 3. The molecule has 1 saturated heterocycles. The van der Waals surface area contributed by atoms with Crippen molar-refractivity contribution in [2.75, 3.05) is 11.4 Å². The molecule has 4 heteroatoms. The van der Waals surface area contributed by atoms with Gasteiger partial charge in [0.05, 0.1) is 5.92 Å². The number of nitrogens with zero attached hydrogens (tertiary/aromatic N) is 1. The average molecular weight is 456 g/mol. The van der Waals surface area contributed by atoms with E-state index in [1.165, 1.54) is 5.56 Å². The second-order valence-corrected chi connectivity index (χ2v) is 9.47. The molecule has 0 N–H and O–H groups in total. The van der Waals surface area contributed by atoms with Gasteiger partial charge >= 0.3 is 5.97 Å². The SMILES string of the molecule is CCc1cccc(CC)c1N1C[C@@H](C(=O)Oc2ccc(C(C)(C)c3ccccc3)cc2)CC1=O. The topological polar surface area (TPSA) is 46.6 Å². The molecular weight excluding hydrogens is 422 g/mol. The van der Waals surface area contributed by atoms with Gasteiger partial charge in [-0.2, -0.15) is 0 Å². The molecule has 4 nitrogen and oxygen atoms in total. The lowest BCUT2D eigenvalue weighted by Crippen LogP contribution is -2.29. The molecule has 1 fully saturated rings. The van der Waals surface area contributed by atoms with Crippen molar-refractivity contribution >= 4 is 17.6 Å². The highest BCUT2D eigenvalue weighted by Gasteiger charge is 2.37. The van der Waals surface area contributed by atoms with Crippen LogP contribution >= 0.6 is 0 Å². The van der Waals surface area contributed by atoms with Gasteiger partial charge in [0.1, 0.15) is 5.75 Å². The summed E-state index contributed by atoms with van der Waals surface area (Å²) >= 11 is 0. The van der Waals surface area contributed by atoms with Crippen LogP contribution in [0.4, 0.5) is 5.69 Å². The summed E-state index contributed by atoms with van der Waals surface area (Å²) in [4.78, 5) is 27.6. The Hall–Kier alpha value is -3.40. The summed E-state index contributed by atoms with van der Waals surface area (Å²) in [6.45, 7) is 8.91. The normalized spacial score (nSPS) is 16.1. The van der Waals surface area contributed by atoms with Gasteiger partial charge in [0.2, 0.25) is 5.91 Å². The molecule has 1 aliphatic rings. The molecule has 3 aromatic carbocycles. The van der Waals surface area contributed by atoms with E-state index in [2.05, 4.69) is 52.0 Å². The van der Waals surface area contributed by atoms with Crippen LogP contribution in [0.2, 0.25) is 0 Å². The molecule has 1 atom stereocenters. The Morgan fingerprint density at radius 1 is 0.882 bits per heavy atom. The summed E-state index contributed by atoms with van der Waals surface area (Å²) in [6.07, 6.45) is 1.86. The number of hydrogen-bond acceptors (Lipinski definition) is 3. The molecule has 0 aromatic heterocycles. The van der Waals surface area contributed by atoms with E-state index in [1.54, 1.807) is 4.90 Å². The number of aryl methyl sites for hydroxylation is 2. The van der Waals surface area contributed by atoms with Gasteiger partial charge in [-0.15, -0.1) is 0 Å². The summed E-state index contributed by atoms with van der Waals surface area (Å²) in [6, 6.07) is 24.2. The first-order valence-electron chi connectivity index (χ1n) is 12.1. The highest BCUT2D eigenvalue weighted by atomic mass is 16.5. The van der Waals surface area contributed by atoms with Crippen molar-refractivity contribution < 1.29 is 14.3 Å². The monoisotopic (exact) mass is 455 g/mol. The maximum atomic E-state index is 12.9. The number of carbonyl (C=O) groups is 2. The second-order valence-electron chi connectivity index (χ2n) is 9.47. The molecular formula is C30H33NO3. The fraction of sp³-hybridized carbons (Fsp3) is 0.333. The summed E-state index contributed by atoms with van der Waals surface area (Å²) in [7, 11) is 0. The highest BCUT2D eigenvalue weighted by molar-refractivity contribution is 6.01. The summed E-state index contributed by atoms with van der Waals surface area (Å²) in [5.41, 5.74) is 5.45. The molecule has 0 spiro atoms. The van der Waals surface area contributed by atoms with E-state index >= 15 is 0 Å². The molecule has 176 valence electrons. The number of anilines is 1. The number of para-hydroxylation sites is 1. The summed E-state index contributed by atoms with van der Waals surface area (Å²) < 4.78 is 5.70. The van der Waals surface area contributed by atoms with Crippen molar-refractivity contribution in [1.82, 2.24) is 0 Å². The predicted octanol–water partition coefficient (Wildman–Crippen LogP) is 6.10. The third-order valence-electron chi connectivity index (χ3n) is 6.98. The Kier molecular flexibility index (Phi) is 6.87. The van der Waals surface area contributed by atoms with Gasteiger partial charge in [-0.1, -0.05) is 88.4 Å². The lowest BCUT2D eigenvalue weighted by atomic mass is 9.78. The quantitative estimate of drug-likeness (QED) is 0.320. The van der Waals surface area contributed by atoms with Gasteiger partial charge in [-0.25, -0.2) is 0 Å². The van der Waals surface area contributed by atoms with Crippen LogP contribution in [0.25, 0.3) is 0 Å². The molecule has 0 bridgehead atoms. The number of ether oxygens (including phenoxy) is 1. The summed E-state index contributed by atoms with van der Waals surface area (Å²) in [5, 5.41) is 0. The molecule has 1 aliphatic heterocycles. The third-order valence-corrected chi connectivity index (χ3v) is 6.98. The molecule has 0 saturated carbocycles. The largest absolute Gasteiger partial charge is 0.426 e. The first-order chi connectivity index (χ1) is 16.3. The van der Waals surface area contributed by atoms with Crippen molar-refractivity contribution in [1.29, 1.82) is 0 Å². The van der Waals surface area contributed by atoms with Crippen LogP contribution in [-0.4, -0.2) is 18.4 Å². The van der Waals surface area contributed by atoms with Gasteiger partial charge < -0.3 is 9.64 Å². The van der Waals surface area contributed by atoms with Crippen LogP contribution in [0, 0.1) is 5.92 Å². The molecule has 1 heterocycles. The zero-order valence-electron chi connectivity index (χ0n) is 20.5. The third kappa shape index (κ3) is 4.63. The minimum Gasteiger partial charge on any atom is -0.426 e. The first-order valence-corrected chi connectivity index (χ1v) is 12.1. The van der Waals surface area contributed by atoms with Crippen LogP contribution in [0.5, 0.6) is 5.75 Å². The smallest absolute Gasteiger partial charge is 0.316 e. The zero-order valence-corrected chi connectivity index (χ0v) is 20.5. The van der Waals surface area contributed by atoms with E-state index in [9.17, 15) is 9.59 Å². The van der Waals surface area contributed by atoms with Crippen molar-refractivity contribution in [3.05, 3.63) is 95.1 Å². The fourth-order valence-corrected chi connectivity index (χ4v) is 4.80. The minimum absolute atomic E-state index is 0.0162. The van der Waals surface area contributed by atoms with Gasteiger partial charge in [0.25, 0.3) is 0 Å². The lowest BCUT2D eigenvalue weighted by molar-refractivity contribution is -0.139. The van der Waals surface area contributed by atoms with Gasteiger partial charge in [-0.05, 0) is 47.2 Å².